The molecule has 3 rings (SSSR count). The molecule has 0 bridgehead atoms. The van der Waals surface area contributed by atoms with Crippen molar-refractivity contribution in [3.05, 3.63) is 72.6 Å². The van der Waals surface area contributed by atoms with Gasteiger partial charge in [0.1, 0.15) is 0 Å². The van der Waals surface area contributed by atoms with Crippen LogP contribution in [0.5, 0.6) is 0 Å². The van der Waals surface area contributed by atoms with Gasteiger partial charge >= 0.3 is 5.97 Å². The molecule has 4 heteroatoms. The van der Waals surface area contributed by atoms with E-state index in [4.69, 9.17) is 0 Å². The first-order chi connectivity index (χ1) is 10.3. The first kappa shape index (κ1) is 13.0. The summed E-state index contributed by atoms with van der Waals surface area (Å²) in [5, 5.41) is 9.61. The molecule has 2 aromatic carbocycles. The predicted octanol–water partition coefficient (Wildman–Crippen LogP) is 3.51. The van der Waals surface area contributed by atoms with Crippen molar-refractivity contribution in [1.82, 2.24) is 9.97 Å². The molecule has 0 amide bonds. The van der Waals surface area contributed by atoms with Crippen LogP contribution in [0.3, 0.4) is 0 Å². The van der Waals surface area contributed by atoms with Crippen molar-refractivity contribution in [3.63, 3.8) is 0 Å². The number of hydrogen-bond acceptors (Lipinski definition) is 3. The number of rotatable bonds is 3. The van der Waals surface area contributed by atoms with Crippen molar-refractivity contribution in [2.24, 2.45) is 0 Å². The van der Waals surface area contributed by atoms with E-state index in [1.807, 2.05) is 36.4 Å². The SMILES string of the molecule is O=C(O)c1c(-c2ccccc2)cccc1-c1ncccn1. The molecule has 0 fully saturated rings. The lowest BCUT2D eigenvalue weighted by Crippen LogP contribution is -2.04. The van der Waals surface area contributed by atoms with E-state index >= 15 is 0 Å². The summed E-state index contributed by atoms with van der Waals surface area (Å²) >= 11 is 0. The third kappa shape index (κ3) is 2.51. The summed E-state index contributed by atoms with van der Waals surface area (Å²) in [6, 6.07) is 16.5. The summed E-state index contributed by atoms with van der Waals surface area (Å²) in [6.45, 7) is 0. The van der Waals surface area contributed by atoms with Crippen molar-refractivity contribution >= 4 is 5.97 Å². The average molecular weight is 276 g/mol. The summed E-state index contributed by atoms with van der Waals surface area (Å²) < 4.78 is 0. The predicted molar refractivity (Wildman–Crippen MR) is 79.9 cm³/mol. The summed E-state index contributed by atoms with van der Waals surface area (Å²) in [5.41, 5.74) is 2.25. The number of carboxylic acid groups (broad SMARTS) is 1. The van der Waals surface area contributed by atoms with Crippen LogP contribution in [0.2, 0.25) is 0 Å². The Morgan fingerprint density at radius 3 is 2.14 bits per heavy atom. The normalized spacial score (nSPS) is 10.3. The molecular formula is C17H12N2O2. The second-order valence-electron chi connectivity index (χ2n) is 4.47. The minimum Gasteiger partial charge on any atom is -0.478 e. The molecule has 0 atom stereocenters. The van der Waals surface area contributed by atoms with E-state index in [1.54, 1.807) is 30.6 Å². The van der Waals surface area contributed by atoms with Gasteiger partial charge in [-0.05, 0) is 17.2 Å². The van der Waals surface area contributed by atoms with Crippen LogP contribution in [0.1, 0.15) is 10.4 Å². The highest BCUT2D eigenvalue weighted by Gasteiger charge is 2.18. The molecule has 0 aliphatic heterocycles. The Morgan fingerprint density at radius 2 is 1.48 bits per heavy atom. The molecule has 3 aromatic rings. The van der Waals surface area contributed by atoms with Crippen LogP contribution in [-0.4, -0.2) is 21.0 Å². The van der Waals surface area contributed by atoms with Crippen molar-refractivity contribution in [3.8, 4) is 22.5 Å². The van der Waals surface area contributed by atoms with E-state index in [-0.39, 0.29) is 5.56 Å². The maximum atomic E-state index is 11.7. The second kappa shape index (κ2) is 5.54. The number of aromatic nitrogens is 2. The largest absolute Gasteiger partial charge is 0.478 e. The van der Waals surface area contributed by atoms with Crippen molar-refractivity contribution < 1.29 is 9.90 Å². The lowest BCUT2D eigenvalue weighted by Gasteiger charge is -2.10. The van der Waals surface area contributed by atoms with Crippen LogP contribution in [-0.2, 0) is 0 Å². The van der Waals surface area contributed by atoms with E-state index in [2.05, 4.69) is 9.97 Å². The minimum atomic E-state index is -0.989. The highest BCUT2D eigenvalue weighted by atomic mass is 16.4. The first-order valence-corrected chi connectivity index (χ1v) is 6.46. The molecule has 0 radical (unpaired) electrons. The van der Waals surface area contributed by atoms with Gasteiger partial charge in [-0.3, -0.25) is 0 Å². The van der Waals surface area contributed by atoms with Gasteiger partial charge in [-0.1, -0.05) is 48.5 Å². The Bertz CT molecular complexity index is 714. The Labute approximate surface area is 121 Å². The molecule has 0 saturated heterocycles. The Balaban J connectivity index is 2.26. The van der Waals surface area contributed by atoms with Crippen LogP contribution in [0.4, 0.5) is 0 Å². The van der Waals surface area contributed by atoms with Gasteiger partial charge < -0.3 is 5.11 Å². The fourth-order valence-electron chi connectivity index (χ4n) is 2.27. The van der Waals surface area contributed by atoms with Gasteiger partial charge in [0, 0.05) is 18.0 Å². The molecular weight excluding hydrogens is 264 g/mol. The highest BCUT2D eigenvalue weighted by molar-refractivity contribution is 6.02. The van der Waals surface area contributed by atoms with Crippen molar-refractivity contribution in [2.75, 3.05) is 0 Å². The zero-order valence-electron chi connectivity index (χ0n) is 11.1. The van der Waals surface area contributed by atoms with E-state index in [1.165, 1.54) is 0 Å². The van der Waals surface area contributed by atoms with Crippen molar-refractivity contribution in [2.45, 2.75) is 0 Å². The highest BCUT2D eigenvalue weighted by Crippen LogP contribution is 2.30. The standard InChI is InChI=1S/C17H12N2O2/c20-17(21)15-13(12-6-2-1-3-7-12)8-4-9-14(15)16-18-10-5-11-19-16/h1-11H,(H,20,21). The van der Waals surface area contributed by atoms with E-state index in [9.17, 15) is 9.90 Å². The fraction of sp³-hybridized carbons (Fsp3) is 0. The number of carboxylic acids is 1. The van der Waals surface area contributed by atoms with E-state index in [0.717, 1.165) is 5.56 Å². The first-order valence-electron chi connectivity index (χ1n) is 6.46. The van der Waals surface area contributed by atoms with Gasteiger partial charge in [-0.15, -0.1) is 0 Å². The molecule has 0 aliphatic carbocycles. The fourth-order valence-corrected chi connectivity index (χ4v) is 2.27. The molecule has 0 spiro atoms. The zero-order chi connectivity index (χ0) is 14.7. The number of aromatic carboxylic acids is 1. The summed E-state index contributed by atoms with van der Waals surface area (Å²) in [7, 11) is 0. The number of nitrogens with zero attached hydrogens (tertiary/aromatic N) is 2. The lowest BCUT2D eigenvalue weighted by molar-refractivity contribution is 0.0698. The van der Waals surface area contributed by atoms with Gasteiger partial charge in [-0.2, -0.15) is 0 Å². The van der Waals surface area contributed by atoms with E-state index < -0.39 is 5.97 Å². The molecule has 1 aromatic heterocycles. The molecule has 1 heterocycles. The molecule has 21 heavy (non-hydrogen) atoms. The monoisotopic (exact) mass is 276 g/mol. The Morgan fingerprint density at radius 1 is 0.810 bits per heavy atom. The molecule has 0 aliphatic rings. The molecule has 0 saturated carbocycles. The third-order valence-electron chi connectivity index (χ3n) is 3.17. The third-order valence-corrected chi connectivity index (χ3v) is 3.17. The summed E-state index contributed by atoms with van der Waals surface area (Å²) in [4.78, 5) is 20.0. The zero-order valence-corrected chi connectivity index (χ0v) is 11.1. The van der Waals surface area contributed by atoms with Gasteiger partial charge in [0.25, 0.3) is 0 Å². The summed E-state index contributed by atoms with van der Waals surface area (Å²) in [5.74, 6) is -0.579. The van der Waals surface area contributed by atoms with Crippen LogP contribution < -0.4 is 0 Å². The number of benzene rings is 2. The van der Waals surface area contributed by atoms with Gasteiger partial charge in [0.15, 0.2) is 5.82 Å². The second-order valence-corrected chi connectivity index (χ2v) is 4.47. The Hall–Kier alpha value is -3.01. The molecule has 0 unspecified atom stereocenters. The quantitative estimate of drug-likeness (QED) is 0.795. The van der Waals surface area contributed by atoms with Crippen LogP contribution >= 0.6 is 0 Å². The van der Waals surface area contributed by atoms with Crippen molar-refractivity contribution in [1.29, 1.82) is 0 Å². The number of carbonyl (C=O) groups is 1. The maximum absolute atomic E-state index is 11.7. The summed E-state index contributed by atoms with van der Waals surface area (Å²) in [6.07, 6.45) is 3.20. The van der Waals surface area contributed by atoms with Crippen LogP contribution in [0, 0.1) is 0 Å². The maximum Gasteiger partial charge on any atom is 0.337 e. The molecule has 4 nitrogen and oxygen atoms in total. The smallest absolute Gasteiger partial charge is 0.337 e. The van der Waals surface area contributed by atoms with Crippen LogP contribution in [0.25, 0.3) is 22.5 Å². The lowest BCUT2D eigenvalue weighted by atomic mass is 9.95. The molecule has 1 N–H and O–H groups in total. The van der Waals surface area contributed by atoms with E-state index in [0.29, 0.717) is 17.0 Å². The van der Waals surface area contributed by atoms with Gasteiger partial charge in [0.05, 0.1) is 5.56 Å². The number of hydrogen-bond donors (Lipinski definition) is 1. The van der Waals surface area contributed by atoms with Gasteiger partial charge in [0.2, 0.25) is 0 Å². The minimum absolute atomic E-state index is 0.218. The molecule has 102 valence electrons. The van der Waals surface area contributed by atoms with Gasteiger partial charge in [-0.25, -0.2) is 14.8 Å². The topological polar surface area (TPSA) is 63.1 Å². The average Bonchev–Trinajstić information content (AvgIpc) is 2.55. The Kier molecular flexibility index (Phi) is 3.43. The van der Waals surface area contributed by atoms with Crippen LogP contribution in [0.15, 0.2) is 67.0 Å².